The molecule has 0 radical (unpaired) electrons. The van der Waals surface area contributed by atoms with E-state index in [2.05, 4.69) is 5.32 Å². The van der Waals surface area contributed by atoms with Gasteiger partial charge in [0.25, 0.3) is 0 Å². The lowest BCUT2D eigenvalue weighted by Crippen LogP contribution is -2.23. The number of aromatic nitrogens is 1. The van der Waals surface area contributed by atoms with E-state index in [0.29, 0.717) is 11.3 Å². The first kappa shape index (κ1) is 16.8. The molecule has 2 aromatic carbocycles. The molecule has 3 aromatic rings. The number of para-hydroxylation sites is 1. The molecule has 128 valence electrons. The van der Waals surface area contributed by atoms with Crippen LogP contribution in [0.5, 0.6) is 5.75 Å². The van der Waals surface area contributed by atoms with Gasteiger partial charge in [-0.1, -0.05) is 18.2 Å². The molecule has 1 N–H and O–H groups in total. The number of methoxy groups -OCH3 is 1. The Morgan fingerprint density at radius 1 is 1.24 bits per heavy atom. The van der Waals surface area contributed by atoms with E-state index in [1.807, 2.05) is 60.9 Å². The highest BCUT2D eigenvalue weighted by Crippen LogP contribution is 2.28. The Labute approximate surface area is 146 Å². The fraction of sp³-hybridized carbons (Fsp3) is 0.200. The Bertz CT molecular complexity index is 943. The fourth-order valence-corrected chi connectivity index (χ4v) is 2.88. The Morgan fingerprint density at radius 2 is 2.00 bits per heavy atom. The number of benzene rings is 2. The van der Waals surface area contributed by atoms with Gasteiger partial charge in [0, 0.05) is 28.4 Å². The Morgan fingerprint density at radius 3 is 2.68 bits per heavy atom. The molecule has 1 unspecified atom stereocenters. The van der Waals surface area contributed by atoms with E-state index in [0.717, 1.165) is 28.4 Å². The zero-order valence-corrected chi connectivity index (χ0v) is 14.4. The minimum Gasteiger partial charge on any atom is -0.497 e. The van der Waals surface area contributed by atoms with Crippen molar-refractivity contribution in [2.75, 3.05) is 12.4 Å². The summed E-state index contributed by atoms with van der Waals surface area (Å²) in [6.45, 7) is 3.76. The number of nitrogens with zero attached hydrogens (tertiary/aromatic N) is 1. The van der Waals surface area contributed by atoms with Crippen molar-refractivity contribution in [1.29, 1.82) is 0 Å². The van der Waals surface area contributed by atoms with Gasteiger partial charge in [0.05, 0.1) is 7.11 Å². The van der Waals surface area contributed by atoms with Gasteiger partial charge in [-0.15, -0.1) is 0 Å². The topological polar surface area (TPSA) is 60.3 Å². The number of carbonyl (C=O) groups is 2. The average molecular weight is 336 g/mol. The van der Waals surface area contributed by atoms with E-state index >= 15 is 0 Å². The van der Waals surface area contributed by atoms with Crippen LogP contribution in [0.25, 0.3) is 10.9 Å². The molecule has 0 spiro atoms. The maximum Gasteiger partial charge on any atom is 0.247 e. The van der Waals surface area contributed by atoms with Crippen LogP contribution in [0.1, 0.15) is 28.9 Å². The summed E-state index contributed by atoms with van der Waals surface area (Å²) in [6, 6.07) is 12.6. The third-order valence-corrected chi connectivity index (χ3v) is 4.40. The van der Waals surface area contributed by atoms with Crippen LogP contribution in [-0.4, -0.2) is 23.9 Å². The molecule has 5 heteroatoms. The van der Waals surface area contributed by atoms with Crippen LogP contribution in [0.15, 0.2) is 48.7 Å². The molecule has 3 rings (SSSR count). The summed E-state index contributed by atoms with van der Waals surface area (Å²) in [5.74, 6) is 0.532. The number of fused-ring (bicyclic) bond motifs is 1. The number of hydrogen-bond acceptors (Lipinski definition) is 3. The predicted octanol–water partition coefficient (Wildman–Crippen LogP) is 3.97. The molecule has 25 heavy (non-hydrogen) atoms. The lowest BCUT2D eigenvalue weighted by atomic mass is 10.2. The first-order valence-electron chi connectivity index (χ1n) is 8.05. The largest absolute Gasteiger partial charge is 0.497 e. The van der Waals surface area contributed by atoms with Gasteiger partial charge in [-0.05, 0) is 43.7 Å². The molecule has 0 saturated carbocycles. The van der Waals surface area contributed by atoms with Gasteiger partial charge in [0.15, 0.2) is 6.29 Å². The summed E-state index contributed by atoms with van der Waals surface area (Å²) in [7, 11) is 1.58. The number of rotatable bonds is 5. The first-order chi connectivity index (χ1) is 12.0. The molecule has 0 fully saturated rings. The number of aryl methyl sites for hydroxylation is 1. The zero-order valence-electron chi connectivity index (χ0n) is 14.4. The third-order valence-electron chi connectivity index (χ3n) is 4.40. The van der Waals surface area contributed by atoms with Crippen molar-refractivity contribution < 1.29 is 14.3 Å². The number of carbonyl (C=O) groups excluding carboxylic acids is 2. The van der Waals surface area contributed by atoms with Gasteiger partial charge < -0.3 is 14.6 Å². The van der Waals surface area contributed by atoms with Gasteiger partial charge >= 0.3 is 0 Å². The highest BCUT2D eigenvalue weighted by Gasteiger charge is 2.19. The second-order valence-corrected chi connectivity index (χ2v) is 5.97. The maximum absolute atomic E-state index is 12.7. The summed E-state index contributed by atoms with van der Waals surface area (Å²) < 4.78 is 7.04. The summed E-state index contributed by atoms with van der Waals surface area (Å²) >= 11 is 0. The highest BCUT2D eigenvalue weighted by atomic mass is 16.5. The number of anilines is 1. The van der Waals surface area contributed by atoms with Crippen molar-refractivity contribution in [3.63, 3.8) is 0 Å². The summed E-state index contributed by atoms with van der Waals surface area (Å²) in [4.78, 5) is 24.1. The summed E-state index contributed by atoms with van der Waals surface area (Å²) in [5, 5.41) is 3.72. The molecule has 0 aliphatic rings. The van der Waals surface area contributed by atoms with Crippen LogP contribution < -0.4 is 10.1 Å². The third kappa shape index (κ3) is 3.13. The SMILES string of the molecule is COc1ccc2c(c1)c(C=O)cn2C(C)C(=O)Nc1ccccc1C. The molecule has 1 heterocycles. The molecular formula is C20H20N2O3. The monoisotopic (exact) mass is 336 g/mol. The average Bonchev–Trinajstić information content (AvgIpc) is 3.00. The van der Waals surface area contributed by atoms with Crippen LogP contribution in [-0.2, 0) is 4.79 Å². The van der Waals surface area contributed by atoms with Crippen molar-refractivity contribution in [1.82, 2.24) is 4.57 Å². The van der Waals surface area contributed by atoms with Crippen molar-refractivity contribution in [2.24, 2.45) is 0 Å². The van der Waals surface area contributed by atoms with Crippen LogP contribution in [0.4, 0.5) is 5.69 Å². The standard InChI is InChI=1S/C20H20N2O3/c1-13-6-4-5-7-18(13)21-20(24)14(2)22-11-15(12-23)17-10-16(25-3)8-9-19(17)22/h4-12,14H,1-3H3,(H,21,24). The molecule has 1 atom stereocenters. The lowest BCUT2D eigenvalue weighted by Gasteiger charge is -2.16. The van der Waals surface area contributed by atoms with Gasteiger partial charge in [-0.25, -0.2) is 0 Å². The first-order valence-corrected chi connectivity index (χ1v) is 8.05. The number of nitrogens with one attached hydrogen (secondary N) is 1. The number of hydrogen-bond donors (Lipinski definition) is 1. The predicted molar refractivity (Wildman–Crippen MR) is 98.4 cm³/mol. The van der Waals surface area contributed by atoms with Gasteiger partial charge in [-0.3, -0.25) is 9.59 Å². The molecule has 1 amide bonds. The number of amides is 1. The highest BCUT2D eigenvalue weighted by molar-refractivity contribution is 6.00. The minimum atomic E-state index is -0.468. The Balaban J connectivity index is 1.96. The normalized spacial score (nSPS) is 12.0. The van der Waals surface area contributed by atoms with Gasteiger partial charge in [-0.2, -0.15) is 0 Å². The zero-order chi connectivity index (χ0) is 18.0. The smallest absolute Gasteiger partial charge is 0.247 e. The van der Waals surface area contributed by atoms with E-state index in [9.17, 15) is 9.59 Å². The molecule has 5 nitrogen and oxygen atoms in total. The van der Waals surface area contributed by atoms with E-state index < -0.39 is 6.04 Å². The number of aldehydes is 1. The second-order valence-electron chi connectivity index (χ2n) is 5.97. The van der Waals surface area contributed by atoms with Crippen LogP contribution in [0.3, 0.4) is 0 Å². The van der Waals surface area contributed by atoms with E-state index in [1.54, 1.807) is 13.3 Å². The van der Waals surface area contributed by atoms with Gasteiger partial charge in [0.1, 0.15) is 11.8 Å². The Kier molecular flexibility index (Phi) is 4.57. The van der Waals surface area contributed by atoms with Crippen LogP contribution in [0, 0.1) is 6.92 Å². The molecular weight excluding hydrogens is 316 g/mol. The molecule has 1 aromatic heterocycles. The molecule has 0 bridgehead atoms. The minimum absolute atomic E-state index is 0.139. The van der Waals surface area contributed by atoms with E-state index in [4.69, 9.17) is 4.74 Å². The fourth-order valence-electron chi connectivity index (χ4n) is 2.88. The van der Waals surface area contributed by atoms with Crippen molar-refractivity contribution in [2.45, 2.75) is 19.9 Å². The van der Waals surface area contributed by atoms with E-state index in [-0.39, 0.29) is 5.91 Å². The van der Waals surface area contributed by atoms with Crippen LogP contribution >= 0.6 is 0 Å². The second kappa shape index (κ2) is 6.81. The van der Waals surface area contributed by atoms with Crippen molar-refractivity contribution >= 4 is 28.8 Å². The van der Waals surface area contributed by atoms with Crippen LogP contribution in [0.2, 0.25) is 0 Å². The van der Waals surface area contributed by atoms with Crippen molar-refractivity contribution in [3.8, 4) is 5.75 Å². The molecule has 0 aliphatic heterocycles. The van der Waals surface area contributed by atoms with Gasteiger partial charge in [0.2, 0.25) is 5.91 Å². The Hall–Kier alpha value is -3.08. The molecule has 0 saturated heterocycles. The summed E-state index contributed by atoms with van der Waals surface area (Å²) in [5.41, 5.74) is 3.13. The number of ether oxygens (including phenoxy) is 1. The quantitative estimate of drug-likeness (QED) is 0.717. The summed E-state index contributed by atoms with van der Waals surface area (Å²) in [6.07, 6.45) is 2.50. The maximum atomic E-state index is 12.7. The lowest BCUT2D eigenvalue weighted by molar-refractivity contribution is -0.118. The van der Waals surface area contributed by atoms with E-state index in [1.165, 1.54) is 0 Å². The molecule has 0 aliphatic carbocycles. The van der Waals surface area contributed by atoms with Crippen molar-refractivity contribution in [3.05, 3.63) is 59.8 Å².